The number of aromatic nitrogens is 5. The Morgan fingerprint density at radius 1 is 0.962 bits per heavy atom. The zero-order chi connectivity index (χ0) is 36.6. The normalized spacial score (nSPS) is 20.4. The number of aliphatic hydroxyl groups is 1. The largest absolute Gasteiger partial charge is 0.491 e. The zero-order valence-electron chi connectivity index (χ0n) is 30.3. The number of carbonyl (C=O) groups is 1. The summed E-state index contributed by atoms with van der Waals surface area (Å²) in [5.74, 6) is 1.65. The fourth-order valence-corrected chi connectivity index (χ4v) is 7.37. The number of aliphatic hydroxyl groups excluding tert-OH is 1. The third-order valence-corrected chi connectivity index (χ3v) is 9.98. The van der Waals surface area contributed by atoms with E-state index >= 15 is 0 Å². The Kier molecular flexibility index (Phi) is 9.80. The van der Waals surface area contributed by atoms with Crippen LogP contribution in [0.4, 0.5) is 21.0 Å². The molecule has 2 amide bonds. The molecule has 5 aromatic rings. The Labute approximate surface area is 303 Å². The highest BCUT2D eigenvalue weighted by Crippen LogP contribution is 2.39. The van der Waals surface area contributed by atoms with E-state index in [4.69, 9.17) is 14.6 Å². The van der Waals surface area contributed by atoms with Crippen LogP contribution in [-0.4, -0.2) is 60.8 Å². The maximum atomic E-state index is 14.7. The second kappa shape index (κ2) is 14.5. The molecule has 0 radical (unpaired) electrons. The SMILES string of the molecule is C[C@@H]1CCC[C@H](C)N1c1nnc2ccc(O[C@@H]3CC[C@H](NC(=O)Nc4cc(C(C)(C)C)nn4-c4cc(F)cc(OCCO)c4)c4ccccc43)cn12. The molecule has 1 aliphatic carbocycles. The number of pyridine rings is 1. The summed E-state index contributed by atoms with van der Waals surface area (Å²) in [5, 5.41) is 29.0. The molecule has 12 nitrogen and oxygen atoms in total. The van der Waals surface area contributed by atoms with Crippen molar-refractivity contribution in [3.8, 4) is 17.2 Å². The van der Waals surface area contributed by atoms with Gasteiger partial charge in [0.15, 0.2) is 5.65 Å². The van der Waals surface area contributed by atoms with E-state index in [0.29, 0.717) is 42.1 Å². The third kappa shape index (κ3) is 7.27. The predicted octanol–water partition coefficient (Wildman–Crippen LogP) is 7.27. The van der Waals surface area contributed by atoms with Gasteiger partial charge in [-0.1, -0.05) is 45.0 Å². The summed E-state index contributed by atoms with van der Waals surface area (Å²) in [4.78, 5) is 16.0. The molecule has 52 heavy (non-hydrogen) atoms. The van der Waals surface area contributed by atoms with Crippen LogP contribution in [0.15, 0.2) is 66.9 Å². The van der Waals surface area contributed by atoms with Crippen LogP contribution in [0.25, 0.3) is 11.3 Å². The van der Waals surface area contributed by atoms with Gasteiger partial charge in [-0.25, -0.2) is 13.9 Å². The number of fused-ring (bicyclic) bond motifs is 2. The van der Waals surface area contributed by atoms with Crippen LogP contribution < -0.4 is 25.0 Å². The molecule has 13 heteroatoms. The van der Waals surface area contributed by atoms with Gasteiger partial charge in [-0.3, -0.25) is 9.72 Å². The number of urea groups is 1. The summed E-state index contributed by atoms with van der Waals surface area (Å²) >= 11 is 0. The second-order valence-corrected chi connectivity index (χ2v) is 14.9. The molecular formula is C39H47FN8O4. The summed E-state index contributed by atoms with van der Waals surface area (Å²) in [6.07, 6.45) is 6.56. The molecule has 0 saturated carbocycles. The Hall–Kier alpha value is -5.17. The molecule has 7 rings (SSSR count). The minimum absolute atomic E-state index is 0.0210. The van der Waals surface area contributed by atoms with Gasteiger partial charge in [0.2, 0.25) is 5.95 Å². The fourth-order valence-electron chi connectivity index (χ4n) is 7.37. The smallest absolute Gasteiger partial charge is 0.320 e. The van der Waals surface area contributed by atoms with Crippen molar-refractivity contribution in [3.05, 3.63) is 89.5 Å². The van der Waals surface area contributed by atoms with Gasteiger partial charge < -0.3 is 24.8 Å². The van der Waals surface area contributed by atoms with Crippen molar-refractivity contribution in [2.75, 3.05) is 23.4 Å². The molecule has 3 aromatic heterocycles. The van der Waals surface area contributed by atoms with Crippen LogP contribution >= 0.6 is 0 Å². The maximum absolute atomic E-state index is 14.7. The number of rotatable bonds is 9. The fraction of sp³-hybridized carbons (Fsp3) is 0.436. The summed E-state index contributed by atoms with van der Waals surface area (Å²) in [6.45, 7) is 10.4. The standard InChI is InChI=1S/C39H47FN8O4/c1-24-9-8-10-25(2)47(24)38-44-43-35-16-13-28(23-46(35)38)52-33-15-14-32(30-11-6-7-12-31(30)33)41-37(50)42-36-22-34(39(3,4)5)45-48(36)27-19-26(40)20-29(21-27)51-18-17-49/h6-7,11-13,16,19-25,32-33,49H,8-10,14-15,17-18H2,1-5H3,(H2,41,42,50)/t24-,25+,32-,33+/m0/s1. The van der Waals surface area contributed by atoms with Crippen molar-refractivity contribution in [2.24, 2.45) is 0 Å². The van der Waals surface area contributed by atoms with Gasteiger partial charge in [-0.15, -0.1) is 10.2 Å². The van der Waals surface area contributed by atoms with Gasteiger partial charge in [-0.05, 0) is 75.3 Å². The lowest BCUT2D eigenvalue weighted by atomic mass is 9.85. The first-order chi connectivity index (χ1) is 25.0. The topological polar surface area (TPSA) is 131 Å². The number of carbonyl (C=O) groups excluding carboxylic acids is 1. The van der Waals surface area contributed by atoms with Crippen molar-refractivity contribution >= 4 is 23.4 Å². The van der Waals surface area contributed by atoms with E-state index in [1.807, 2.05) is 61.7 Å². The van der Waals surface area contributed by atoms with Gasteiger partial charge in [0, 0.05) is 35.7 Å². The van der Waals surface area contributed by atoms with Gasteiger partial charge >= 0.3 is 6.03 Å². The average Bonchev–Trinajstić information content (AvgIpc) is 3.73. The molecular weight excluding hydrogens is 663 g/mol. The molecule has 3 N–H and O–H groups in total. The van der Waals surface area contributed by atoms with Crippen molar-refractivity contribution in [3.63, 3.8) is 0 Å². The first-order valence-electron chi connectivity index (χ1n) is 18.1. The van der Waals surface area contributed by atoms with Crippen LogP contribution in [0, 0.1) is 5.82 Å². The molecule has 2 aliphatic rings. The van der Waals surface area contributed by atoms with Gasteiger partial charge in [-0.2, -0.15) is 5.10 Å². The Morgan fingerprint density at radius 2 is 1.73 bits per heavy atom. The lowest BCUT2D eigenvalue weighted by molar-refractivity contribution is 0.171. The average molecular weight is 711 g/mol. The van der Waals surface area contributed by atoms with Crippen molar-refractivity contribution < 1.29 is 23.8 Å². The maximum Gasteiger partial charge on any atom is 0.320 e. The Bertz CT molecular complexity index is 2050. The van der Waals surface area contributed by atoms with Gasteiger partial charge in [0.05, 0.1) is 30.2 Å². The van der Waals surface area contributed by atoms with Crippen molar-refractivity contribution in [1.29, 1.82) is 0 Å². The number of ether oxygens (including phenoxy) is 2. The first-order valence-corrected chi connectivity index (χ1v) is 18.1. The van der Waals surface area contributed by atoms with Crippen LogP contribution in [-0.2, 0) is 5.41 Å². The molecule has 1 aliphatic heterocycles. The van der Waals surface area contributed by atoms with Crippen LogP contribution in [0.2, 0.25) is 0 Å². The minimum atomic E-state index is -0.530. The number of benzene rings is 2. The highest BCUT2D eigenvalue weighted by Gasteiger charge is 2.32. The van der Waals surface area contributed by atoms with Crippen LogP contribution in [0.1, 0.15) is 95.7 Å². The van der Waals surface area contributed by atoms with Gasteiger partial charge in [0.25, 0.3) is 0 Å². The van der Waals surface area contributed by atoms with E-state index in [0.717, 1.165) is 41.3 Å². The summed E-state index contributed by atoms with van der Waals surface area (Å²) in [6, 6.07) is 18.0. The van der Waals surface area contributed by atoms with Crippen LogP contribution in [0.3, 0.4) is 0 Å². The van der Waals surface area contributed by atoms with E-state index < -0.39 is 11.8 Å². The number of anilines is 2. The highest BCUT2D eigenvalue weighted by atomic mass is 19.1. The molecule has 274 valence electrons. The van der Waals surface area contributed by atoms with Crippen molar-refractivity contribution in [1.82, 2.24) is 29.7 Å². The van der Waals surface area contributed by atoms with Crippen LogP contribution in [0.5, 0.6) is 11.5 Å². The third-order valence-electron chi connectivity index (χ3n) is 9.98. The monoisotopic (exact) mass is 710 g/mol. The van der Waals surface area contributed by atoms with Crippen molar-refractivity contribution in [2.45, 2.75) is 96.4 Å². The lowest BCUT2D eigenvalue weighted by Crippen LogP contribution is -2.44. The zero-order valence-corrected chi connectivity index (χ0v) is 30.3. The van der Waals surface area contributed by atoms with E-state index in [1.165, 1.54) is 23.2 Å². The summed E-state index contributed by atoms with van der Waals surface area (Å²) in [7, 11) is 0. The summed E-state index contributed by atoms with van der Waals surface area (Å²) < 4.78 is 30.3. The van der Waals surface area contributed by atoms with E-state index in [1.54, 1.807) is 12.1 Å². The lowest BCUT2D eigenvalue weighted by Gasteiger charge is -2.39. The molecule has 1 fully saturated rings. The molecule has 1 saturated heterocycles. The second-order valence-electron chi connectivity index (χ2n) is 14.9. The Morgan fingerprint density at radius 3 is 2.48 bits per heavy atom. The van der Waals surface area contributed by atoms with E-state index in [9.17, 15) is 14.3 Å². The highest BCUT2D eigenvalue weighted by molar-refractivity contribution is 5.89. The number of hydrogen-bond donors (Lipinski definition) is 3. The quantitative estimate of drug-likeness (QED) is 0.146. The number of nitrogens with zero attached hydrogens (tertiary/aromatic N) is 6. The number of amides is 2. The van der Waals surface area contributed by atoms with E-state index in [-0.39, 0.29) is 36.5 Å². The minimum Gasteiger partial charge on any atom is -0.491 e. The molecule has 0 spiro atoms. The number of hydrogen-bond acceptors (Lipinski definition) is 8. The molecule has 4 heterocycles. The van der Waals surface area contributed by atoms with E-state index in [2.05, 4.69) is 45.6 Å². The van der Waals surface area contributed by atoms with Gasteiger partial charge in [0.1, 0.15) is 35.8 Å². The molecule has 2 aromatic carbocycles. The molecule has 0 unspecified atom stereocenters. The predicted molar refractivity (Wildman–Crippen MR) is 197 cm³/mol. The number of halogens is 1. The summed E-state index contributed by atoms with van der Waals surface area (Å²) in [5.41, 5.74) is 3.51. The number of piperidine rings is 1. The molecule has 4 atom stereocenters. The first kappa shape index (κ1) is 35.2. The number of nitrogens with one attached hydrogen (secondary N) is 2. The Balaban J connectivity index is 1.10. The molecule has 0 bridgehead atoms.